The summed E-state index contributed by atoms with van der Waals surface area (Å²) in [5, 5.41) is 0. The second-order valence-electron chi connectivity index (χ2n) is 4.12. The predicted octanol–water partition coefficient (Wildman–Crippen LogP) is 0.718. The summed E-state index contributed by atoms with van der Waals surface area (Å²) in [5.74, 6) is 0.516. The molecule has 1 saturated heterocycles. The summed E-state index contributed by atoms with van der Waals surface area (Å²) in [5.41, 5.74) is 5.17. The van der Waals surface area contributed by atoms with Crippen LogP contribution in [-0.4, -0.2) is 24.0 Å². The molecule has 0 aromatic carbocycles. The van der Waals surface area contributed by atoms with Crippen LogP contribution in [0.25, 0.3) is 0 Å². The van der Waals surface area contributed by atoms with Crippen LogP contribution in [0.3, 0.4) is 0 Å². The van der Waals surface area contributed by atoms with Crippen LogP contribution in [-0.2, 0) is 9.53 Å². The topological polar surface area (TPSA) is 55.6 Å². The van der Waals surface area contributed by atoms with Gasteiger partial charge < -0.3 is 10.5 Å². The van der Waals surface area contributed by atoms with E-state index in [1.807, 2.05) is 0 Å². The first kappa shape index (κ1) is 9.68. The first-order chi connectivity index (χ1) is 5.46. The molecule has 0 radical (unpaired) electrons. The number of ketones is 1. The molecule has 1 aliphatic rings. The van der Waals surface area contributed by atoms with E-state index in [9.17, 15) is 4.79 Å². The Kier molecular flexibility index (Phi) is 2.54. The van der Waals surface area contributed by atoms with E-state index < -0.39 is 5.60 Å². The summed E-state index contributed by atoms with van der Waals surface area (Å²) in [6, 6.07) is -0.350. The Labute approximate surface area is 73.3 Å². The predicted molar refractivity (Wildman–Crippen MR) is 46.8 cm³/mol. The van der Waals surface area contributed by atoms with Crippen molar-refractivity contribution < 1.29 is 9.53 Å². The van der Waals surface area contributed by atoms with E-state index in [4.69, 9.17) is 10.5 Å². The third kappa shape index (κ3) is 2.05. The molecule has 3 heteroatoms. The van der Waals surface area contributed by atoms with Crippen molar-refractivity contribution in [2.75, 3.05) is 6.61 Å². The van der Waals surface area contributed by atoms with E-state index in [2.05, 4.69) is 13.8 Å². The van der Waals surface area contributed by atoms with Crippen LogP contribution in [0, 0.1) is 5.92 Å². The number of ether oxygens (including phenoxy) is 1. The molecule has 0 saturated carbocycles. The highest BCUT2D eigenvalue weighted by Crippen LogP contribution is 2.28. The SMILES string of the molecule is CC(C)C[C@@H](N)C(=O)[C@@]1(C)CO1. The van der Waals surface area contributed by atoms with Crippen LogP contribution in [0.1, 0.15) is 27.2 Å². The Morgan fingerprint density at radius 3 is 2.50 bits per heavy atom. The fourth-order valence-corrected chi connectivity index (χ4v) is 1.26. The van der Waals surface area contributed by atoms with Crippen molar-refractivity contribution in [1.29, 1.82) is 0 Å². The maximum absolute atomic E-state index is 11.5. The smallest absolute Gasteiger partial charge is 0.183 e. The number of nitrogens with two attached hydrogens (primary N) is 1. The Bertz CT molecular complexity index is 185. The van der Waals surface area contributed by atoms with E-state index >= 15 is 0 Å². The normalized spacial score (nSPS) is 30.4. The zero-order chi connectivity index (χ0) is 9.35. The van der Waals surface area contributed by atoms with Crippen LogP contribution in [0.2, 0.25) is 0 Å². The van der Waals surface area contributed by atoms with Gasteiger partial charge in [0.1, 0.15) is 5.60 Å². The molecule has 0 aromatic rings. The molecule has 1 aliphatic heterocycles. The molecule has 12 heavy (non-hydrogen) atoms. The van der Waals surface area contributed by atoms with Crippen LogP contribution in [0.5, 0.6) is 0 Å². The molecular formula is C9H17NO2. The highest BCUT2D eigenvalue weighted by atomic mass is 16.6. The summed E-state index contributed by atoms with van der Waals surface area (Å²) in [6.45, 7) is 6.46. The van der Waals surface area contributed by atoms with Gasteiger partial charge in [-0.2, -0.15) is 0 Å². The van der Waals surface area contributed by atoms with Crippen molar-refractivity contribution in [1.82, 2.24) is 0 Å². The van der Waals surface area contributed by atoms with E-state index in [1.165, 1.54) is 0 Å². The first-order valence-corrected chi connectivity index (χ1v) is 4.39. The van der Waals surface area contributed by atoms with E-state index in [0.717, 1.165) is 6.42 Å². The number of epoxide rings is 1. The molecule has 1 rings (SSSR count). The maximum Gasteiger partial charge on any atom is 0.183 e. The minimum atomic E-state index is -0.547. The highest BCUT2D eigenvalue weighted by molar-refractivity contribution is 5.93. The van der Waals surface area contributed by atoms with E-state index in [-0.39, 0.29) is 11.8 Å². The molecule has 1 fully saturated rings. The standard InChI is InChI=1S/C9H17NO2/c1-6(2)4-7(10)8(11)9(3)5-12-9/h6-7H,4-5,10H2,1-3H3/t7-,9-/m1/s1. The molecule has 3 nitrogen and oxygen atoms in total. The Morgan fingerprint density at radius 2 is 2.17 bits per heavy atom. The second-order valence-corrected chi connectivity index (χ2v) is 4.12. The lowest BCUT2D eigenvalue weighted by Gasteiger charge is -2.14. The molecule has 2 N–H and O–H groups in total. The second kappa shape index (κ2) is 3.15. The number of Topliss-reactive ketones (excluding diaryl/α,β-unsaturated/α-hetero) is 1. The summed E-state index contributed by atoms with van der Waals surface area (Å²) in [7, 11) is 0. The summed E-state index contributed by atoms with van der Waals surface area (Å²) in [6.07, 6.45) is 0.748. The van der Waals surface area contributed by atoms with Crippen LogP contribution in [0.15, 0.2) is 0 Å². The fraction of sp³-hybridized carbons (Fsp3) is 0.889. The molecule has 0 unspecified atom stereocenters. The third-order valence-electron chi connectivity index (χ3n) is 2.16. The van der Waals surface area contributed by atoms with Crippen molar-refractivity contribution in [3.8, 4) is 0 Å². The minimum Gasteiger partial charge on any atom is -0.362 e. The lowest BCUT2D eigenvalue weighted by molar-refractivity contribution is -0.125. The average Bonchev–Trinajstić information content (AvgIpc) is 2.66. The summed E-state index contributed by atoms with van der Waals surface area (Å²) in [4.78, 5) is 11.5. The van der Waals surface area contributed by atoms with Gasteiger partial charge in [0.25, 0.3) is 0 Å². The number of hydrogen-bond donors (Lipinski definition) is 1. The largest absolute Gasteiger partial charge is 0.362 e. The molecular weight excluding hydrogens is 154 g/mol. The maximum atomic E-state index is 11.5. The molecule has 0 spiro atoms. The summed E-state index contributed by atoms with van der Waals surface area (Å²) < 4.78 is 5.03. The Balaban J connectivity index is 2.42. The quantitative estimate of drug-likeness (QED) is 0.634. The van der Waals surface area contributed by atoms with Crippen molar-refractivity contribution in [2.45, 2.75) is 38.8 Å². The number of hydrogen-bond acceptors (Lipinski definition) is 3. The first-order valence-electron chi connectivity index (χ1n) is 4.39. The lowest BCUT2D eigenvalue weighted by Crippen LogP contribution is -2.40. The van der Waals surface area contributed by atoms with Crippen LogP contribution in [0.4, 0.5) is 0 Å². The van der Waals surface area contributed by atoms with Gasteiger partial charge in [0.05, 0.1) is 12.6 Å². The van der Waals surface area contributed by atoms with Crippen molar-refractivity contribution in [3.63, 3.8) is 0 Å². The Hall–Kier alpha value is -0.410. The molecule has 0 bridgehead atoms. The molecule has 0 amide bonds. The van der Waals surface area contributed by atoms with Crippen molar-refractivity contribution >= 4 is 5.78 Å². The van der Waals surface area contributed by atoms with Crippen molar-refractivity contribution in [2.24, 2.45) is 11.7 Å². The average molecular weight is 171 g/mol. The molecule has 2 atom stereocenters. The van der Waals surface area contributed by atoms with E-state index in [0.29, 0.717) is 12.5 Å². The monoisotopic (exact) mass is 171 g/mol. The van der Waals surface area contributed by atoms with Crippen LogP contribution < -0.4 is 5.73 Å². The zero-order valence-corrected chi connectivity index (χ0v) is 7.96. The van der Waals surface area contributed by atoms with Gasteiger partial charge in [0.2, 0.25) is 0 Å². The molecule has 0 aromatic heterocycles. The zero-order valence-electron chi connectivity index (χ0n) is 7.96. The van der Waals surface area contributed by atoms with E-state index in [1.54, 1.807) is 6.92 Å². The van der Waals surface area contributed by atoms with Gasteiger partial charge in [-0.25, -0.2) is 0 Å². The van der Waals surface area contributed by atoms with Gasteiger partial charge in [-0.1, -0.05) is 13.8 Å². The highest BCUT2D eigenvalue weighted by Gasteiger charge is 2.48. The third-order valence-corrected chi connectivity index (χ3v) is 2.16. The lowest BCUT2D eigenvalue weighted by atomic mass is 9.94. The summed E-state index contributed by atoms with van der Waals surface area (Å²) >= 11 is 0. The molecule has 70 valence electrons. The number of rotatable bonds is 4. The van der Waals surface area contributed by atoms with Gasteiger partial charge in [0, 0.05) is 0 Å². The van der Waals surface area contributed by atoms with Crippen LogP contribution >= 0.6 is 0 Å². The van der Waals surface area contributed by atoms with Gasteiger partial charge >= 0.3 is 0 Å². The number of carbonyl (C=O) groups is 1. The van der Waals surface area contributed by atoms with Gasteiger partial charge in [0.15, 0.2) is 5.78 Å². The van der Waals surface area contributed by atoms with Gasteiger partial charge in [-0.15, -0.1) is 0 Å². The number of carbonyl (C=O) groups excluding carboxylic acids is 1. The minimum absolute atomic E-state index is 0.0520. The Morgan fingerprint density at radius 1 is 1.67 bits per heavy atom. The van der Waals surface area contributed by atoms with Gasteiger partial charge in [-0.05, 0) is 19.3 Å². The molecule has 1 heterocycles. The van der Waals surface area contributed by atoms with Crippen molar-refractivity contribution in [3.05, 3.63) is 0 Å². The fourth-order valence-electron chi connectivity index (χ4n) is 1.26. The van der Waals surface area contributed by atoms with Gasteiger partial charge in [-0.3, -0.25) is 4.79 Å². The molecule has 0 aliphatic carbocycles.